The number of nitrogens with zero attached hydrogens (tertiary/aromatic N) is 2. The normalized spacial score (nSPS) is 21.7. The van der Waals surface area contributed by atoms with E-state index in [1.54, 1.807) is 4.90 Å². The standard InChI is InChI=1S/C14H24N2O2/c1-4-8-18-12-6-5-7-16(10-12)14(17)13(9-15)11(2)3/h11-13H,4-8,10H2,1-3H3. The number of nitriles is 1. The lowest BCUT2D eigenvalue weighted by Gasteiger charge is -2.34. The molecule has 2 unspecified atom stereocenters. The molecule has 1 fully saturated rings. The van der Waals surface area contributed by atoms with E-state index >= 15 is 0 Å². The monoisotopic (exact) mass is 252 g/mol. The summed E-state index contributed by atoms with van der Waals surface area (Å²) in [4.78, 5) is 14.0. The van der Waals surface area contributed by atoms with Gasteiger partial charge in [0.2, 0.25) is 5.91 Å². The first kappa shape index (κ1) is 15.0. The van der Waals surface area contributed by atoms with Crippen LogP contribution in [0.15, 0.2) is 0 Å². The van der Waals surface area contributed by atoms with E-state index in [2.05, 4.69) is 13.0 Å². The number of piperidine rings is 1. The molecule has 0 radical (unpaired) electrons. The number of rotatable bonds is 5. The second-order valence-corrected chi connectivity index (χ2v) is 5.27. The summed E-state index contributed by atoms with van der Waals surface area (Å²) in [6.07, 6.45) is 3.13. The molecule has 0 aliphatic carbocycles. The van der Waals surface area contributed by atoms with E-state index in [4.69, 9.17) is 10.00 Å². The number of ether oxygens (including phenoxy) is 1. The molecule has 1 amide bonds. The summed E-state index contributed by atoms with van der Waals surface area (Å²) in [5.41, 5.74) is 0. The van der Waals surface area contributed by atoms with Crippen LogP contribution in [0.25, 0.3) is 0 Å². The fourth-order valence-electron chi connectivity index (χ4n) is 2.25. The Balaban J connectivity index is 2.55. The van der Waals surface area contributed by atoms with Crippen molar-refractivity contribution < 1.29 is 9.53 Å². The van der Waals surface area contributed by atoms with Crippen molar-refractivity contribution in [3.05, 3.63) is 0 Å². The molecule has 102 valence electrons. The molecule has 0 aromatic heterocycles. The molecule has 0 aromatic rings. The first-order valence-electron chi connectivity index (χ1n) is 6.90. The maximum absolute atomic E-state index is 12.2. The zero-order valence-corrected chi connectivity index (χ0v) is 11.7. The van der Waals surface area contributed by atoms with Gasteiger partial charge in [-0.3, -0.25) is 4.79 Å². The predicted molar refractivity (Wildman–Crippen MR) is 69.8 cm³/mol. The summed E-state index contributed by atoms with van der Waals surface area (Å²) in [5, 5.41) is 9.08. The first-order valence-corrected chi connectivity index (χ1v) is 6.90. The summed E-state index contributed by atoms with van der Waals surface area (Å²) in [6, 6.07) is 2.12. The number of amides is 1. The Morgan fingerprint density at radius 1 is 1.56 bits per heavy atom. The molecule has 1 heterocycles. The summed E-state index contributed by atoms with van der Waals surface area (Å²) in [5.74, 6) is -0.480. The summed E-state index contributed by atoms with van der Waals surface area (Å²) in [6.45, 7) is 8.07. The molecular weight excluding hydrogens is 228 g/mol. The molecular formula is C14H24N2O2. The van der Waals surface area contributed by atoms with Crippen LogP contribution in [0.1, 0.15) is 40.0 Å². The fraction of sp³-hybridized carbons (Fsp3) is 0.857. The molecule has 0 N–H and O–H groups in total. The van der Waals surface area contributed by atoms with Crippen LogP contribution in [0.3, 0.4) is 0 Å². The first-order chi connectivity index (χ1) is 8.60. The van der Waals surface area contributed by atoms with Crippen molar-refractivity contribution in [2.75, 3.05) is 19.7 Å². The van der Waals surface area contributed by atoms with Crippen LogP contribution in [0, 0.1) is 23.2 Å². The van der Waals surface area contributed by atoms with E-state index in [-0.39, 0.29) is 17.9 Å². The third-order valence-electron chi connectivity index (χ3n) is 3.32. The van der Waals surface area contributed by atoms with Crippen molar-refractivity contribution in [2.45, 2.75) is 46.1 Å². The molecule has 0 saturated carbocycles. The lowest BCUT2D eigenvalue weighted by atomic mass is 9.94. The van der Waals surface area contributed by atoms with Crippen LogP contribution >= 0.6 is 0 Å². The second kappa shape index (κ2) is 7.38. The minimum absolute atomic E-state index is 0.0303. The molecule has 4 heteroatoms. The van der Waals surface area contributed by atoms with Gasteiger partial charge in [0.1, 0.15) is 5.92 Å². The Morgan fingerprint density at radius 2 is 2.28 bits per heavy atom. The SMILES string of the molecule is CCCOC1CCCN(C(=O)C(C#N)C(C)C)C1. The molecule has 18 heavy (non-hydrogen) atoms. The van der Waals surface area contributed by atoms with Gasteiger partial charge in [0, 0.05) is 19.7 Å². The van der Waals surface area contributed by atoms with Gasteiger partial charge in [-0.05, 0) is 25.2 Å². The minimum Gasteiger partial charge on any atom is -0.376 e. The zero-order chi connectivity index (χ0) is 13.5. The Morgan fingerprint density at radius 3 is 2.83 bits per heavy atom. The Hall–Kier alpha value is -1.08. The smallest absolute Gasteiger partial charge is 0.240 e. The Kier molecular flexibility index (Phi) is 6.14. The van der Waals surface area contributed by atoms with Gasteiger partial charge in [-0.2, -0.15) is 5.26 Å². The zero-order valence-electron chi connectivity index (χ0n) is 11.7. The van der Waals surface area contributed by atoms with E-state index in [9.17, 15) is 4.79 Å². The molecule has 0 aromatic carbocycles. The summed E-state index contributed by atoms with van der Waals surface area (Å²) in [7, 11) is 0. The largest absolute Gasteiger partial charge is 0.376 e. The van der Waals surface area contributed by atoms with Gasteiger partial charge in [0.05, 0.1) is 12.2 Å². The molecule has 1 aliphatic heterocycles. The van der Waals surface area contributed by atoms with Gasteiger partial charge < -0.3 is 9.64 Å². The van der Waals surface area contributed by atoms with Crippen molar-refractivity contribution in [2.24, 2.45) is 11.8 Å². The van der Waals surface area contributed by atoms with E-state index < -0.39 is 5.92 Å². The average molecular weight is 252 g/mol. The maximum Gasteiger partial charge on any atom is 0.240 e. The van der Waals surface area contributed by atoms with Crippen molar-refractivity contribution >= 4 is 5.91 Å². The van der Waals surface area contributed by atoms with Crippen LogP contribution in [-0.2, 0) is 9.53 Å². The quantitative estimate of drug-likeness (QED) is 0.753. The highest BCUT2D eigenvalue weighted by Crippen LogP contribution is 2.19. The molecule has 4 nitrogen and oxygen atoms in total. The average Bonchev–Trinajstić information content (AvgIpc) is 2.37. The summed E-state index contributed by atoms with van der Waals surface area (Å²) >= 11 is 0. The predicted octanol–water partition coefficient (Wildman–Crippen LogP) is 2.20. The van der Waals surface area contributed by atoms with Crippen LogP contribution in [-0.4, -0.2) is 36.6 Å². The van der Waals surface area contributed by atoms with E-state index in [0.717, 1.165) is 32.4 Å². The highest BCUT2D eigenvalue weighted by molar-refractivity contribution is 5.81. The van der Waals surface area contributed by atoms with Crippen LogP contribution in [0.2, 0.25) is 0 Å². The number of likely N-dealkylation sites (tertiary alicyclic amines) is 1. The van der Waals surface area contributed by atoms with Gasteiger partial charge in [-0.25, -0.2) is 0 Å². The highest BCUT2D eigenvalue weighted by Gasteiger charge is 2.30. The van der Waals surface area contributed by atoms with E-state index in [1.165, 1.54) is 0 Å². The van der Waals surface area contributed by atoms with Crippen LogP contribution < -0.4 is 0 Å². The van der Waals surface area contributed by atoms with Crippen LogP contribution in [0.4, 0.5) is 0 Å². The lowest BCUT2D eigenvalue weighted by Crippen LogP contribution is -2.46. The lowest BCUT2D eigenvalue weighted by molar-refractivity contribution is -0.139. The Labute approximate surface area is 110 Å². The Bertz CT molecular complexity index is 309. The van der Waals surface area contributed by atoms with E-state index in [0.29, 0.717) is 6.54 Å². The molecule has 0 spiro atoms. The number of carbonyl (C=O) groups excluding carboxylic acids is 1. The molecule has 1 rings (SSSR count). The maximum atomic E-state index is 12.2. The fourth-order valence-corrected chi connectivity index (χ4v) is 2.25. The van der Waals surface area contributed by atoms with Crippen molar-refractivity contribution in [1.82, 2.24) is 4.90 Å². The van der Waals surface area contributed by atoms with Crippen molar-refractivity contribution in [3.63, 3.8) is 0 Å². The van der Waals surface area contributed by atoms with E-state index in [1.807, 2.05) is 13.8 Å². The van der Waals surface area contributed by atoms with Gasteiger partial charge in [0.15, 0.2) is 0 Å². The molecule has 1 saturated heterocycles. The van der Waals surface area contributed by atoms with Gasteiger partial charge in [-0.15, -0.1) is 0 Å². The van der Waals surface area contributed by atoms with Gasteiger partial charge >= 0.3 is 0 Å². The highest BCUT2D eigenvalue weighted by atomic mass is 16.5. The topological polar surface area (TPSA) is 53.3 Å². The third kappa shape index (κ3) is 3.99. The van der Waals surface area contributed by atoms with Crippen molar-refractivity contribution in [1.29, 1.82) is 5.26 Å². The summed E-state index contributed by atoms with van der Waals surface area (Å²) < 4.78 is 5.71. The second-order valence-electron chi connectivity index (χ2n) is 5.27. The van der Waals surface area contributed by atoms with Crippen LogP contribution in [0.5, 0.6) is 0 Å². The molecule has 2 atom stereocenters. The van der Waals surface area contributed by atoms with Gasteiger partial charge in [0.25, 0.3) is 0 Å². The third-order valence-corrected chi connectivity index (χ3v) is 3.32. The molecule has 0 bridgehead atoms. The molecule has 1 aliphatic rings. The minimum atomic E-state index is -0.519. The number of carbonyl (C=O) groups is 1. The van der Waals surface area contributed by atoms with Crippen molar-refractivity contribution in [3.8, 4) is 6.07 Å². The van der Waals surface area contributed by atoms with Gasteiger partial charge in [-0.1, -0.05) is 20.8 Å². The number of hydrogen-bond donors (Lipinski definition) is 0. The number of hydrogen-bond acceptors (Lipinski definition) is 3.